The molecule has 3 amide bonds. The zero-order valence-electron chi connectivity index (χ0n) is 15.0. The van der Waals surface area contributed by atoms with Crippen LogP contribution in [0.5, 0.6) is 0 Å². The molecule has 0 saturated carbocycles. The topological polar surface area (TPSA) is 96.3 Å². The number of aryl methyl sites for hydroxylation is 2. The molecular weight excluding hydrogens is 338 g/mol. The molecule has 26 heavy (non-hydrogen) atoms. The summed E-state index contributed by atoms with van der Waals surface area (Å²) in [6.45, 7) is 6.66. The van der Waals surface area contributed by atoms with E-state index >= 15 is 0 Å². The van der Waals surface area contributed by atoms with Gasteiger partial charge in [-0.1, -0.05) is 6.07 Å². The van der Waals surface area contributed by atoms with Gasteiger partial charge in [-0.2, -0.15) is 5.10 Å². The molecule has 0 aromatic heterocycles. The Morgan fingerprint density at radius 2 is 1.73 bits per heavy atom. The van der Waals surface area contributed by atoms with E-state index in [1.165, 1.54) is 6.92 Å². The Bertz CT molecular complexity index is 840. The monoisotopic (exact) mass is 357 g/mol. The molecule has 2 aliphatic rings. The van der Waals surface area contributed by atoms with E-state index in [1.807, 2.05) is 19.9 Å². The number of benzene rings is 1. The Morgan fingerprint density at radius 3 is 2.27 bits per heavy atom. The molecule has 1 saturated heterocycles. The molecule has 0 radical (unpaired) electrons. The summed E-state index contributed by atoms with van der Waals surface area (Å²) in [4.78, 5) is 51.0. The van der Waals surface area contributed by atoms with Crippen LogP contribution >= 0.6 is 0 Å². The predicted molar refractivity (Wildman–Crippen MR) is 92.3 cm³/mol. The highest BCUT2D eigenvalue weighted by Gasteiger charge is 2.59. The summed E-state index contributed by atoms with van der Waals surface area (Å²) in [7, 11) is 0. The van der Waals surface area contributed by atoms with E-state index in [0.717, 1.165) is 21.0 Å². The van der Waals surface area contributed by atoms with Gasteiger partial charge in [0.1, 0.15) is 5.92 Å². The number of anilines is 1. The molecule has 8 nitrogen and oxygen atoms in total. The molecule has 8 heteroatoms. The molecule has 1 aromatic carbocycles. The first-order valence-electron chi connectivity index (χ1n) is 8.27. The second kappa shape index (κ2) is 6.36. The van der Waals surface area contributed by atoms with E-state index in [4.69, 9.17) is 4.74 Å². The van der Waals surface area contributed by atoms with Crippen LogP contribution in [0.2, 0.25) is 0 Å². The van der Waals surface area contributed by atoms with Crippen LogP contribution < -0.4 is 4.90 Å². The molecule has 0 bridgehead atoms. The average Bonchev–Trinajstić information content (AvgIpc) is 3.04. The number of carbonyl (C=O) groups is 4. The van der Waals surface area contributed by atoms with Gasteiger partial charge in [0.05, 0.1) is 12.3 Å². The number of carbonyl (C=O) groups excluding carboxylic acids is 4. The van der Waals surface area contributed by atoms with Gasteiger partial charge in [0.2, 0.25) is 11.8 Å². The number of fused-ring (bicyclic) bond motifs is 1. The lowest BCUT2D eigenvalue weighted by Gasteiger charge is -2.19. The van der Waals surface area contributed by atoms with Gasteiger partial charge in [0.15, 0.2) is 11.8 Å². The number of nitrogens with zero attached hydrogens (tertiary/aromatic N) is 3. The van der Waals surface area contributed by atoms with Gasteiger partial charge >= 0.3 is 5.97 Å². The van der Waals surface area contributed by atoms with E-state index < -0.39 is 35.7 Å². The molecule has 0 spiro atoms. The van der Waals surface area contributed by atoms with Crippen LogP contribution in [0.25, 0.3) is 0 Å². The van der Waals surface area contributed by atoms with Gasteiger partial charge in [-0.3, -0.25) is 14.4 Å². The Kier molecular flexibility index (Phi) is 4.35. The third-order valence-electron chi connectivity index (χ3n) is 4.32. The first-order valence-corrected chi connectivity index (χ1v) is 8.27. The molecule has 0 aliphatic carbocycles. The smallest absolute Gasteiger partial charge is 0.355 e. The van der Waals surface area contributed by atoms with Crippen molar-refractivity contribution >= 4 is 35.1 Å². The molecule has 0 unspecified atom stereocenters. The molecule has 2 heterocycles. The van der Waals surface area contributed by atoms with Gasteiger partial charge in [0.25, 0.3) is 5.91 Å². The number of hydrazone groups is 1. The Labute approximate surface area is 150 Å². The SMILES string of the molecule is CCOC(=O)C1=NN(C(C)=O)[C@H]2C(=O)N(c3cc(C)cc(C)c3)C(=O)[C@H]12. The fourth-order valence-electron chi connectivity index (χ4n) is 3.38. The summed E-state index contributed by atoms with van der Waals surface area (Å²) >= 11 is 0. The van der Waals surface area contributed by atoms with Gasteiger partial charge in [-0.25, -0.2) is 14.7 Å². The normalized spacial score (nSPS) is 21.8. The summed E-state index contributed by atoms with van der Waals surface area (Å²) < 4.78 is 4.94. The zero-order valence-corrected chi connectivity index (χ0v) is 15.0. The van der Waals surface area contributed by atoms with Crippen molar-refractivity contribution < 1.29 is 23.9 Å². The quantitative estimate of drug-likeness (QED) is 0.593. The number of amides is 3. The third-order valence-corrected chi connectivity index (χ3v) is 4.32. The van der Waals surface area contributed by atoms with E-state index in [1.54, 1.807) is 19.1 Å². The molecule has 136 valence electrons. The minimum Gasteiger partial charge on any atom is -0.461 e. The maximum atomic E-state index is 13.0. The van der Waals surface area contributed by atoms with Crippen LogP contribution in [0.3, 0.4) is 0 Å². The van der Waals surface area contributed by atoms with E-state index in [-0.39, 0.29) is 12.3 Å². The maximum Gasteiger partial charge on any atom is 0.355 e. The fourth-order valence-corrected chi connectivity index (χ4v) is 3.38. The van der Waals surface area contributed by atoms with Gasteiger partial charge in [0, 0.05) is 6.92 Å². The van der Waals surface area contributed by atoms with Crippen molar-refractivity contribution in [2.45, 2.75) is 33.7 Å². The molecular formula is C18H19N3O5. The first-order chi connectivity index (χ1) is 12.3. The van der Waals surface area contributed by atoms with Gasteiger partial charge in [-0.15, -0.1) is 0 Å². The molecule has 2 atom stereocenters. The Morgan fingerprint density at radius 1 is 1.12 bits per heavy atom. The summed E-state index contributed by atoms with van der Waals surface area (Å²) in [5, 5.41) is 4.81. The number of hydrogen-bond donors (Lipinski definition) is 0. The standard InChI is InChI=1S/C18H19N3O5/c1-5-26-18(25)14-13-15(21(19-14)11(4)22)17(24)20(16(13)23)12-7-9(2)6-10(3)8-12/h6-8,13,15H,5H2,1-4H3/t13-,15-/m1/s1. The number of rotatable bonds is 3. The summed E-state index contributed by atoms with van der Waals surface area (Å²) in [6, 6.07) is 4.19. The number of ether oxygens (including phenoxy) is 1. The van der Waals surface area contributed by atoms with E-state index in [2.05, 4.69) is 5.10 Å². The number of esters is 1. The van der Waals surface area contributed by atoms with Crippen molar-refractivity contribution in [1.29, 1.82) is 0 Å². The molecule has 3 rings (SSSR count). The average molecular weight is 357 g/mol. The lowest BCUT2D eigenvalue weighted by atomic mass is 9.98. The predicted octanol–water partition coefficient (Wildman–Crippen LogP) is 0.943. The Hall–Kier alpha value is -3.03. The fraction of sp³-hybridized carbons (Fsp3) is 0.389. The van der Waals surface area contributed by atoms with Gasteiger partial charge < -0.3 is 4.74 Å². The second-order valence-electron chi connectivity index (χ2n) is 6.35. The van der Waals surface area contributed by atoms with Crippen LogP contribution in [-0.4, -0.2) is 47.1 Å². The lowest BCUT2D eigenvalue weighted by Crippen LogP contribution is -2.41. The van der Waals surface area contributed by atoms with Crippen LogP contribution in [0.15, 0.2) is 23.3 Å². The van der Waals surface area contributed by atoms with Crippen LogP contribution in [0.4, 0.5) is 5.69 Å². The highest BCUT2D eigenvalue weighted by atomic mass is 16.5. The lowest BCUT2D eigenvalue weighted by molar-refractivity contribution is -0.136. The van der Waals surface area contributed by atoms with Crippen molar-refractivity contribution in [3.63, 3.8) is 0 Å². The highest BCUT2D eigenvalue weighted by molar-refractivity contribution is 6.47. The van der Waals surface area contributed by atoms with Crippen molar-refractivity contribution in [1.82, 2.24) is 5.01 Å². The molecule has 2 aliphatic heterocycles. The minimum absolute atomic E-state index is 0.0955. The zero-order chi connectivity index (χ0) is 19.2. The molecule has 0 N–H and O–H groups in total. The molecule has 1 fully saturated rings. The first kappa shape index (κ1) is 17.8. The van der Waals surface area contributed by atoms with Gasteiger partial charge in [-0.05, 0) is 44.0 Å². The van der Waals surface area contributed by atoms with Crippen molar-refractivity contribution in [2.24, 2.45) is 11.0 Å². The van der Waals surface area contributed by atoms with Crippen molar-refractivity contribution in [3.8, 4) is 0 Å². The molecule has 1 aromatic rings. The summed E-state index contributed by atoms with van der Waals surface area (Å²) in [6.07, 6.45) is 0. The second-order valence-corrected chi connectivity index (χ2v) is 6.35. The maximum absolute atomic E-state index is 13.0. The van der Waals surface area contributed by atoms with Crippen molar-refractivity contribution in [2.75, 3.05) is 11.5 Å². The summed E-state index contributed by atoms with van der Waals surface area (Å²) in [5.41, 5.74) is 1.98. The van der Waals surface area contributed by atoms with Crippen LogP contribution in [0, 0.1) is 19.8 Å². The van der Waals surface area contributed by atoms with Crippen LogP contribution in [-0.2, 0) is 23.9 Å². The number of imide groups is 1. The van der Waals surface area contributed by atoms with Crippen molar-refractivity contribution in [3.05, 3.63) is 29.3 Å². The highest BCUT2D eigenvalue weighted by Crippen LogP contribution is 2.36. The summed E-state index contributed by atoms with van der Waals surface area (Å²) in [5.74, 6) is -3.63. The Balaban J connectivity index is 2.06. The van der Waals surface area contributed by atoms with Crippen LogP contribution in [0.1, 0.15) is 25.0 Å². The van der Waals surface area contributed by atoms with E-state index in [0.29, 0.717) is 5.69 Å². The number of hydrogen-bond acceptors (Lipinski definition) is 6. The minimum atomic E-state index is -1.15. The largest absolute Gasteiger partial charge is 0.461 e. The van der Waals surface area contributed by atoms with E-state index in [9.17, 15) is 19.2 Å². The third kappa shape index (κ3) is 2.67.